The predicted octanol–water partition coefficient (Wildman–Crippen LogP) is 4.91. The van der Waals surface area contributed by atoms with E-state index in [2.05, 4.69) is 0 Å². The summed E-state index contributed by atoms with van der Waals surface area (Å²) in [7, 11) is 0. The molecule has 0 aliphatic carbocycles. The number of hydrogen-bond acceptors (Lipinski definition) is 2. The van der Waals surface area contributed by atoms with Crippen molar-refractivity contribution in [2.45, 2.75) is 6.92 Å². The van der Waals surface area contributed by atoms with E-state index >= 15 is 0 Å². The van der Waals surface area contributed by atoms with Crippen molar-refractivity contribution < 1.29 is 14.6 Å². The van der Waals surface area contributed by atoms with Crippen LogP contribution in [0.2, 0.25) is 10.0 Å². The van der Waals surface area contributed by atoms with E-state index in [1.54, 1.807) is 42.5 Å². The van der Waals surface area contributed by atoms with E-state index in [9.17, 15) is 4.79 Å². The maximum Gasteiger partial charge on any atom is 0.328 e. The number of ether oxygens (including phenoxy) is 1. The minimum Gasteiger partial charge on any atom is -0.494 e. The number of rotatable bonds is 5. The molecule has 0 saturated heterocycles. The number of carboxylic acid groups (broad SMARTS) is 1. The van der Waals surface area contributed by atoms with Gasteiger partial charge in [-0.15, -0.1) is 0 Å². The Hall–Kier alpha value is -1.97. The first-order chi connectivity index (χ1) is 10.5. The summed E-state index contributed by atoms with van der Waals surface area (Å²) in [5, 5.41) is 10.0. The van der Waals surface area contributed by atoms with E-state index in [1.165, 1.54) is 0 Å². The van der Waals surface area contributed by atoms with Crippen LogP contribution in [-0.4, -0.2) is 17.7 Å². The fraction of sp³-hybridized carbons (Fsp3) is 0.118. The first kappa shape index (κ1) is 16.4. The van der Waals surface area contributed by atoms with E-state index in [0.29, 0.717) is 27.8 Å². The Morgan fingerprint density at radius 3 is 2.18 bits per heavy atom. The van der Waals surface area contributed by atoms with Crippen LogP contribution in [0.3, 0.4) is 0 Å². The van der Waals surface area contributed by atoms with E-state index < -0.39 is 5.97 Å². The molecular weight excluding hydrogens is 323 g/mol. The molecule has 0 heterocycles. The second-order valence-corrected chi connectivity index (χ2v) is 5.38. The number of carbonyl (C=O) groups is 1. The summed E-state index contributed by atoms with van der Waals surface area (Å²) < 4.78 is 5.39. The molecule has 0 saturated carbocycles. The highest BCUT2D eigenvalue weighted by molar-refractivity contribution is 6.35. The summed E-state index contributed by atoms with van der Waals surface area (Å²) >= 11 is 12.0. The second-order valence-electron chi connectivity index (χ2n) is 4.51. The van der Waals surface area contributed by atoms with Crippen molar-refractivity contribution in [3.05, 3.63) is 69.7 Å². The molecular formula is C17H14Cl2O3. The number of aliphatic carboxylic acids is 1. The Morgan fingerprint density at radius 1 is 1.09 bits per heavy atom. The fourth-order valence-electron chi connectivity index (χ4n) is 2.06. The SMILES string of the molecule is CCOc1ccc(/C(=C\C(=O)O)c2cc(Cl)cc(Cl)c2)cc1. The zero-order valence-corrected chi connectivity index (χ0v) is 13.4. The van der Waals surface area contributed by atoms with Crippen LogP contribution in [0.1, 0.15) is 18.1 Å². The highest BCUT2D eigenvalue weighted by atomic mass is 35.5. The molecule has 5 heteroatoms. The highest BCUT2D eigenvalue weighted by Gasteiger charge is 2.10. The van der Waals surface area contributed by atoms with Gasteiger partial charge in [0, 0.05) is 16.1 Å². The molecule has 2 aromatic carbocycles. The van der Waals surface area contributed by atoms with Crippen molar-refractivity contribution in [3.63, 3.8) is 0 Å². The first-order valence-corrected chi connectivity index (χ1v) is 7.39. The molecule has 3 nitrogen and oxygen atoms in total. The van der Waals surface area contributed by atoms with Crippen molar-refractivity contribution >= 4 is 34.7 Å². The summed E-state index contributed by atoms with van der Waals surface area (Å²) in [6, 6.07) is 12.1. The molecule has 0 fully saturated rings. The molecule has 0 aromatic heterocycles. The maximum atomic E-state index is 11.1. The van der Waals surface area contributed by atoms with Crippen LogP contribution in [-0.2, 0) is 4.79 Å². The monoisotopic (exact) mass is 336 g/mol. The van der Waals surface area contributed by atoms with Gasteiger partial charge in [-0.2, -0.15) is 0 Å². The molecule has 0 amide bonds. The summed E-state index contributed by atoms with van der Waals surface area (Å²) in [5.74, 6) is -0.315. The molecule has 0 spiro atoms. The molecule has 1 N–H and O–H groups in total. The zero-order valence-electron chi connectivity index (χ0n) is 11.8. The minimum absolute atomic E-state index is 0.449. The van der Waals surface area contributed by atoms with Crippen molar-refractivity contribution in [1.82, 2.24) is 0 Å². The van der Waals surface area contributed by atoms with Crippen LogP contribution >= 0.6 is 23.2 Å². The van der Waals surface area contributed by atoms with Gasteiger partial charge in [0.25, 0.3) is 0 Å². The molecule has 0 aliphatic rings. The van der Waals surface area contributed by atoms with Gasteiger partial charge in [0.05, 0.1) is 6.61 Å². The van der Waals surface area contributed by atoms with E-state index in [0.717, 1.165) is 17.4 Å². The van der Waals surface area contributed by atoms with Crippen molar-refractivity contribution in [2.24, 2.45) is 0 Å². The van der Waals surface area contributed by atoms with Gasteiger partial charge in [0.2, 0.25) is 0 Å². The van der Waals surface area contributed by atoms with Gasteiger partial charge in [0.1, 0.15) is 5.75 Å². The number of carboxylic acids is 1. The van der Waals surface area contributed by atoms with Crippen LogP contribution in [0, 0.1) is 0 Å². The van der Waals surface area contributed by atoms with Crippen LogP contribution in [0.4, 0.5) is 0 Å². The first-order valence-electron chi connectivity index (χ1n) is 6.64. The lowest BCUT2D eigenvalue weighted by molar-refractivity contribution is -0.131. The summed E-state index contributed by atoms with van der Waals surface area (Å²) in [6.07, 6.45) is 1.14. The standard InChI is InChI=1S/C17H14Cl2O3/c1-2-22-15-5-3-11(4-6-15)16(10-17(20)21)12-7-13(18)9-14(19)8-12/h3-10H,2H2,1H3,(H,20,21)/b16-10+. The van der Waals surface area contributed by atoms with Gasteiger partial charge in [-0.25, -0.2) is 4.79 Å². The van der Waals surface area contributed by atoms with Crippen molar-refractivity contribution in [1.29, 1.82) is 0 Å². The molecule has 2 aromatic rings. The Labute approximate surface area is 138 Å². The largest absolute Gasteiger partial charge is 0.494 e. The smallest absolute Gasteiger partial charge is 0.328 e. The fourth-order valence-corrected chi connectivity index (χ4v) is 2.59. The molecule has 0 aliphatic heterocycles. The average molecular weight is 337 g/mol. The molecule has 0 atom stereocenters. The van der Waals surface area contributed by atoms with Gasteiger partial charge in [-0.3, -0.25) is 0 Å². The van der Waals surface area contributed by atoms with Gasteiger partial charge >= 0.3 is 5.97 Å². The van der Waals surface area contributed by atoms with Gasteiger partial charge in [-0.05, 0) is 54.0 Å². The summed E-state index contributed by atoms with van der Waals surface area (Å²) in [6.45, 7) is 2.47. The topological polar surface area (TPSA) is 46.5 Å². The third-order valence-electron chi connectivity index (χ3n) is 2.92. The lowest BCUT2D eigenvalue weighted by Gasteiger charge is -2.10. The Morgan fingerprint density at radius 2 is 1.68 bits per heavy atom. The Balaban J connectivity index is 2.48. The highest BCUT2D eigenvalue weighted by Crippen LogP contribution is 2.29. The quantitative estimate of drug-likeness (QED) is 0.789. The van der Waals surface area contributed by atoms with Gasteiger partial charge in [0.15, 0.2) is 0 Å². The van der Waals surface area contributed by atoms with E-state index in [-0.39, 0.29) is 0 Å². The maximum absolute atomic E-state index is 11.1. The zero-order chi connectivity index (χ0) is 16.1. The van der Waals surface area contributed by atoms with Gasteiger partial charge < -0.3 is 9.84 Å². The van der Waals surface area contributed by atoms with Crippen LogP contribution in [0.5, 0.6) is 5.75 Å². The minimum atomic E-state index is -1.04. The van der Waals surface area contributed by atoms with E-state index in [4.69, 9.17) is 33.0 Å². The average Bonchev–Trinajstić information content (AvgIpc) is 2.45. The van der Waals surface area contributed by atoms with Crippen LogP contribution in [0.15, 0.2) is 48.5 Å². The van der Waals surface area contributed by atoms with Gasteiger partial charge in [-0.1, -0.05) is 35.3 Å². The Kier molecular flexibility index (Phi) is 5.47. The van der Waals surface area contributed by atoms with Crippen LogP contribution < -0.4 is 4.74 Å². The summed E-state index contributed by atoms with van der Waals surface area (Å²) in [5.41, 5.74) is 1.91. The lowest BCUT2D eigenvalue weighted by Crippen LogP contribution is -1.96. The molecule has 0 bridgehead atoms. The molecule has 114 valence electrons. The Bertz CT molecular complexity index is 686. The number of halogens is 2. The molecule has 22 heavy (non-hydrogen) atoms. The molecule has 2 rings (SSSR count). The van der Waals surface area contributed by atoms with Crippen molar-refractivity contribution in [2.75, 3.05) is 6.61 Å². The molecule has 0 radical (unpaired) electrons. The lowest BCUT2D eigenvalue weighted by atomic mass is 9.97. The number of hydrogen-bond donors (Lipinski definition) is 1. The third kappa shape index (κ3) is 4.26. The third-order valence-corrected chi connectivity index (χ3v) is 3.35. The second kappa shape index (κ2) is 7.34. The van der Waals surface area contributed by atoms with Crippen LogP contribution in [0.25, 0.3) is 5.57 Å². The predicted molar refractivity (Wildman–Crippen MR) is 88.8 cm³/mol. The summed E-state index contributed by atoms with van der Waals surface area (Å²) in [4.78, 5) is 11.1. The molecule has 0 unspecified atom stereocenters. The number of benzene rings is 2. The van der Waals surface area contributed by atoms with E-state index in [1.807, 2.05) is 6.92 Å². The normalized spacial score (nSPS) is 11.3. The van der Waals surface area contributed by atoms with Crippen molar-refractivity contribution in [3.8, 4) is 5.75 Å².